The van der Waals surface area contributed by atoms with Gasteiger partial charge < -0.3 is 0 Å². The van der Waals surface area contributed by atoms with Crippen LogP contribution in [0, 0.1) is 0 Å². The summed E-state index contributed by atoms with van der Waals surface area (Å²) in [7, 11) is 0. The summed E-state index contributed by atoms with van der Waals surface area (Å²) in [4.78, 5) is 2.71. The van der Waals surface area contributed by atoms with Crippen LogP contribution in [0.1, 0.15) is 0 Å². The predicted molar refractivity (Wildman–Crippen MR) is 272 cm³/mol. The summed E-state index contributed by atoms with van der Waals surface area (Å²) >= 11 is -7.95. The zero-order valence-electron chi connectivity index (χ0n) is 34.8. The minimum atomic E-state index is -3.97. The van der Waals surface area contributed by atoms with Crippen LogP contribution < -0.4 is 40.1 Å². The van der Waals surface area contributed by atoms with E-state index in [1.165, 1.54) is 85.6 Å². The predicted octanol–water partition coefficient (Wildman–Crippen LogP) is 9.54. The van der Waals surface area contributed by atoms with Crippen LogP contribution in [0.25, 0.3) is 33.4 Å². The molecular formula is C60H43Ge2N. The van der Waals surface area contributed by atoms with Crippen LogP contribution in [-0.4, -0.2) is 26.5 Å². The molecule has 0 unspecified atom stereocenters. The van der Waals surface area contributed by atoms with Crippen molar-refractivity contribution in [1.82, 2.24) is 0 Å². The first kappa shape index (κ1) is 37.8. The molecule has 0 amide bonds. The maximum absolute atomic E-state index is 3.97. The van der Waals surface area contributed by atoms with Crippen LogP contribution in [0.5, 0.6) is 0 Å². The minimum absolute atomic E-state index is 1.23. The molecule has 0 atom stereocenters. The molecule has 2 heterocycles. The van der Waals surface area contributed by atoms with Gasteiger partial charge in [0.15, 0.2) is 0 Å². The molecule has 63 heavy (non-hydrogen) atoms. The van der Waals surface area contributed by atoms with Crippen molar-refractivity contribution in [3.63, 3.8) is 0 Å². The molecule has 0 N–H and O–H groups in total. The van der Waals surface area contributed by atoms with Gasteiger partial charge in [-0.2, -0.15) is 0 Å². The quantitative estimate of drug-likeness (QED) is 0.144. The number of fused-ring (bicyclic) bond motifs is 4. The topological polar surface area (TPSA) is 3.24 Å². The van der Waals surface area contributed by atoms with Gasteiger partial charge in [-0.15, -0.1) is 0 Å². The SMILES string of the molecule is c1ccc(-c2ccc3[c](c2)[Ge]([c]2ccccc2)([c]2ccccc2)[c]2cc(-c4ccccc4)c[c]4c2N3c2ccc(-c3ccccc3)c[c]2[Ge]4([c]2ccccc2)[c]2ccccc2)cc1. The van der Waals surface area contributed by atoms with Crippen molar-refractivity contribution in [2.75, 3.05) is 4.90 Å². The average Bonchev–Trinajstić information content (AvgIpc) is 3.38. The zero-order chi connectivity index (χ0) is 41.8. The Kier molecular flexibility index (Phi) is 9.28. The fourth-order valence-corrected chi connectivity index (χ4v) is 33.2. The number of hydrogen-bond donors (Lipinski definition) is 0. The van der Waals surface area contributed by atoms with Gasteiger partial charge in [-0.3, -0.25) is 0 Å². The second kappa shape index (κ2) is 15.5. The van der Waals surface area contributed by atoms with Gasteiger partial charge in [-0.1, -0.05) is 0 Å². The molecule has 2 aliphatic rings. The van der Waals surface area contributed by atoms with Gasteiger partial charge in [-0.05, 0) is 0 Å². The molecule has 1 nitrogen and oxygen atoms in total. The standard InChI is InChI=1S/C60H43Ge2N/c1-8-22-44(23-9-1)47-36-38-58-54(40-47)61(50-28-14-4-15-29-50,51-30-16-5-17-31-51)56-42-49(46-26-12-3-13-27-46)43-57-60(56)63(58)59-39-37-48(45-24-10-2-11-25-45)41-55(59)62(57,52-32-18-6-19-33-52)53-34-20-7-21-35-53/h1-43H. The number of benzene rings is 10. The summed E-state index contributed by atoms with van der Waals surface area (Å²) < 4.78 is 11.6. The van der Waals surface area contributed by atoms with E-state index in [2.05, 4.69) is 266 Å². The first-order valence-corrected chi connectivity index (χ1v) is 30.3. The van der Waals surface area contributed by atoms with Crippen LogP contribution in [0.2, 0.25) is 0 Å². The number of rotatable bonds is 7. The third kappa shape index (κ3) is 5.84. The Morgan fingerprint density at radius 3 is 0.810 bits per heavy atom. The van der Waals surface area contributed by atoms with Crippen molar-refractivity contribution in [1.29, 1.82) is 0 Å². The Morgan fingerprint density at radius 1 is 0.222 bits per heavy atom. The van der Waals surface area contributed by atoms with E-state index in [1.807, 2.05) is 0 Å². The van der Waals surface area contributed by atoms with E-state index >= 15 is 0 Å². The van der Waals surface area contributed by atoms with Crippen LogP contribution in [0.15, 0.2) is 261 Å². The molecule has 2 aliphatic heterocycles. The third-order valence-electron chi connectivity index (χ3n) is 13.6. The number of hydrogen-bond acceptors (Lipinski definition) is 1. The molecule has 3 heteroatoms. The van der Waals surface area contributed by atoms with Gasteiger partial charge in [0.05, 0.1) is 0 Å². The van der Waals surface area contributed by atoms with E-state index < -0.39 is 26.5 Å². The number of nitrogens with zero attached hydrogens (tertiary/aromatic N) is 1. The molecule has 0 spiro atoms. The first-order chi connectivity index (χ1) is 31.3. The van der Waals surface area contributed by atoms with Crippen molar-refractivity contribution in [3.05, 3.63) is 261 Å². The van der Waals surface area contributed by atoms with E-state index in [4.69, 9.17) is 0 Å². The fourth-order valence-electron chi connectivity index (χ4n) is 10.9. The van der Waals surface area contributed by atoms with Crippen LogP contribution in [0.3, 0.4) is 0 Å². The van der Waals surface area contributed by atoms with Crippen LogP contribution >= 0.6 is 0 Å². The molecule has 0 radical (unpaired) electrons. The monoisotopic (exact) mass is 925 g/mol. The van der Waals surface area contributed by atoms with E-state index in [-0.39, 0.29) is 0 Å². The second-order valence-corrected chi connectivity index (χ2v) is 32.4. The van der Waals surface area contributed by atoms with Gasteiger partial charge in [0, 0.05) is 0 Å². The Balaban J connectivity index is 1.33. The molecule has 0 saturated heterocycles. The zero-order valence-corrected chi connectivity index (χ0v) is 39.0. The molecule has 0 bridgehead atoms. The number of anilines is 3. The summed E-state index contributed by atoms with van der Waals surface area (Å²) in [6.07, 6.45) is 0. The molecule has 10 aromatic rings. The van der Waals surface area contributed by atoms with Crippen molar-refractivity contribution in [2.24, 2.45) is 0 Å². The third-order valence-corrected chi connectivity index (χ3v) is 33.7. The van der Waals surface area contributed by atoms with E-state index in [9.17, 15) is 0 Å². The van der Waals surface area contributed by atoms with Gasteiger partial charge in [-0.25, -0.2) is 0 Å². The Bertz CT molecular complexity index is 2970. The molecular weight excluding hydrogens is 880 g/mol. The van der Waals surface area contributed by atoms with Crippen LogP contribution in [-0.2, 0) is 0 Å². The maximum atomic E-state index is 2.71. The van der Waals surface area contributed by atoms with Crippen molar-refractivity contribution in [2.45, 2.75) is 0 Å². The first-order valence-electron chi connectivity index (χ1n) is 21.9. The van der Waals surface area contributed by atoms with Crippen molar-refractivity contribution >= 4 is 78.8 Å². The average molecular weight is 923 g/mol. The van der Waals surface area contributed by atoms with E-state index in [0.29, 0.717) is 0 Å². The summed E-state index contributed by atoms with van der Waals surface area (Å²) in [5.74, 6) is 0. The van der Waals surface area contributed by atoms with Crippen LogP contribution in [0.4, 0.5) is 17.1 Å². The molecule has 0 aliphatic carbocycles. The van der Waals surface area contributed by atoms with Crippen molar-refractivity contribution in [3.8, 4) is 33.4 Å². The molecule has 0 fully saturated rings. The second-order valence-electron chi connectivity index (χ2n) is 16.8. The Morgan fingerprint density at radius 2 is 0.492 bits per heavy atom. The molecule has 0 aromatic heterocycles. The fraction of sp³-hybridized carbons (Fsp3) is 0. The summed E-state index contributed by atoms with van der Waals surface area (Å²) in [6.45, 7) is 0. The van der Waals surface area contributed by atoms with E-state index in [1.54, 1.807) is 0 Å². The Labute approximate surface area is 375 Å². The van der Waals surface area contributed by atoms with Gasteiger partial charge >= 0.3 is 378 Å². The molecule has 12 rings (SSSR count). The molecule has 0 saturated carbocycles. The summed E-state index contributed by atoms with van der Waals surface area (Å²) in [5, 5.41) is 0. The normalized spacial score (nSPS) is 13.9. The molecule has 296 valence electrons. The molecule has 10 aromatic carbocycles. The van der Waals surface area contributed by atoms with E-state index in [0.717, 1.165) is 0 Å². The van der Waals surface area contributed by atoms with Gasteiger partial charge in [0.1, 0.15) is 0 Å². The van der Waals surface area contributed by atoms with Gasteiger partial charge in [0.2, 0.25) is 0 Å². The van der Waals surface area contributed by atoms with Gasteiger partial charge in [0.25, 0.3) is 0 Å². The summed E-state index contributed by atoms with van der Waals surface area (Å²) in [5.41, 5.74) is 11.4. The summed E-state index contributed by atoms with van der Waals surface area (Å²) in [6, 6.07) is 99.5. The van der Waals surface area contributed by atoms with Crippen molar-refractivity contribution < 1.29 is 0 Å². The Hall–Kier alpha value is -6.91.